The van der Waals surface area contributed by atoms with Crippen LogP contribution in [0.1, 0.15) is 29.3 Å². The molecule has 1 aromatic carbocycles. The third-order valence-corrected chi connectivity index (χ3v) is 5.94. The van der Waals surface area contributed by atoms with Gasteiger partial charge in [-0.1, -0.05) is 0 Å². The first-order chi connectivity index (χ1) is 12.8. The highest BCUT2D eigenvalue weighted by atomic mass is 32.2. The van der Waals surface area contributed by atoms with Crippen molar-refractivity contribution >= 4 is 9.84 Å². The molecule has 1 aromatic heterocycles. The zero-order valence-electron chi connectivity index (χ0n) is 13.6. The largest absolute Gasteiger partial charge is 0.501 e. The summed E-state index contributed by atoms with van der Waals surface area (Å²) in [7, 11) is -6.07. The first-order valence-electron chi connectivity index (χ1n) is 7.62. The molecule has 1 aliphatic carbocycles. The van der Waals surface area contributed by atoms with Crippen LogP contribution < -0.4 is 0 Å². The van der Waals surface area contributed by atoms with Crippen LogP contribution in [0.25, 0.3) is 5.69 Å². The van der Waals surface area contributed by atoms with Gasteiger partial charge in [-0.3, -0.25) is 0 Å². The highest BCUT2D eigenvalue weighted by Crippen LogP contribution is 2.47. The van der Waals surface area contributed by atoms with Crippen LogP contribution >= 0.6 is 0 Å². The second kappa shape index (κ2) is 6.25. The number of sulfone groups is 1. The summed E-state index contributed by atoms with van der Waals surface area (Å²) in [5, 5.41) is 18.8. The fourth-order valence-corrected chi connectivity index (χ4v) is 4.05. The van der Waals surface area contributed by atoms with E-state index >= 15 is 0 Å². The minimum atomic E-state index is -6.07. The number of benzene rings is 1. The van der Waals surface area contributed by atoms with E-state index in [1.807, 2.05) is 0 Å². The van der Waals surface area contributed by atoms with Gasteiger partial charge in [0.2, 0.25) is 0 Å². The molecule has 0 amide bonds. The number of aliphatic hydroxyl groups excluding tert-OH is 1. The predicted molar refractivity (Wildman–Crippen MR) is 81.9 cm³/mol. The fourth-order valence-electron chi connectivity index (χ4n) is 3.04. The summed E-state index contributed by atoms with van der Waals surface area (Å²) in [6, 6.07) is 4.31. The molecule has 28 heavy (non-hydrogen) atoms. The Morgan fingerprint density at radius 1 is 1.29 bits per heavy atom. The van der Waals surface area contributed by atoms with Crippen molar-refractivity contribution in [3.8, 4) is 11.8 Å². The number of hydrogen-bond donors (Lipinski definition) is 1. The number of alkyl halides is 5. The summed E-state index contributed by atoms with van der Waals surface area (Å²) in [6.07, 6.45) is -3.82. The molecule has 2 aromatic rings. The quantitative estimate of drug-likeness (QED) is 0.750. The van der Waals surface area contributed by atoms with Crippen molar-refractivity contribution in [2.45, 2.75) is 35.3 Å². The van der Waals surface area contributed by atoms with Crippen molar-refractivity contribution in [3.63, 3.8) is 0 Å². The zero-order valence-corrected chi connectivity index (χ0v) is 14.5. The third kappa shape index (κ3) is 2.94. The van der Waals surface area contributed by atoms with Crippen molar-refractivity contribution in [2.75, 3.05) is 0 Å². The summed E-state index contributed by atoms with van der Waals surface area (Å²) in [5.41, 5.74) is -7.75. The van der Waals surface area contributed by atoms with E-state index in [2.05, 4.69) is 0 Å². The van der Waals surface area contributed by atoms with Crippen LogP contribution in [0.3, 0.4) is 0 Å². The Hall–Kier alpha value is -2.52. The van der Waals surface area contributed by atoms with E-state index in [1.165, 1.54) is 6.07 Å². The van der Waals surface area contributed by atoms with Crippen molar-refractivity contribution in [2.24, 2.45) is 0 Å². The van der Waals surface area contributed by atoms with Gasteiger partial charge in [0.1, 0.15) is 22.9 Å². The summed E-state index contributed by atoms with van der Waals surface area (Å²) >= 11 is 0. The fraction of sp³-hybridized carbons (Fsp3) is 0.312. The van der Waals surface area contributed by atoms with Gasteiger partial charge in [-0.25, -0.2) is 21.6 Å². The van der Waals surface area contributed by atoms with E-state index in [0.717, 1.165) is 22.8 Å². The molecule has 3 rings (SSSR count). The second-order valence-corrected chi connectivity index (χ2v) is 8.02. The molecule has 0 saturated carbocycles. The minimum absolute atomic E-state index is 0.116. The van der Waals surface area contributed by atoms with Gasteiger partial charge in [-0.05, 0) is 24.6 Å². The van der Waals surface area contributed by atoms with E-state index < -0.39 is 62.1 Å². The maximum Gasteiger partial charge on any atom is 0.501 e. The zero-order chi connectivity index (χ0) is 21.1. The Kier molecular flexibility index (Phi) is 4.51. The van der Waals surface area contributed by atoms with Gasteiger partial charge in [0, 0.05) is 29.6 Å². The van der Waals surface area contributed by atoms with Crippen molar-refractivity contribution in [1.29, 1.82) is 5.26 Å². The molecule has 0 spiro atoms. The molecule has 0 aliphatic heterocycles. The number of aliphatic hydroxyl groups is 1. The summed E-state index contributed by atoms with van der Waals surface area (Å²) < 4.78 is 105. The highest BCUT2D eigenvalue weighted by molar-refractivity contribution is 7.92. The molecular weight excluding hydrogens is 414 g/mol. The Balaban J connectivity index is 2.34. The first kappa shape index (κ1) is 20.2. The van der Waals surface area contributed by atoms with Gasteiger partial charge < -0.3 is 9.67 Å². The summed E-state index contributed by atoms with van der Waals surface area (Å²) in [5.74, 6) is -4.77. The van der Waals surface area contributed by atoms with Crippen LogP contribution in [0, 0.1) is 17.1 Å². The smallest absolute Gasteiger partial charge is 0.382 e. The maximum absolute atomic E-state index is 13.9. The Bertz CT molecular complexity index is 1100. The number of nitrogens with zero attached hydrogens (tertiary/aromatic N) is 2. The lowest BCUT2D eigenvalue weighted by atomic mass is 9.91. The lowest BCUT2D eigenvalue weighted by molar-refractivity contribution is -0.123. The SMILES string of the molecule is N#Cc1cc(-n2cc(S(=O)(=O)C(F)(F)F)c3c2CCC(F)(F)[C@H]3O)ccc1F. The second-order valence-electron chi connectivity index (χ2n) is 6.11. The molecule has 150 valence electrons. The number of aromatic nitrogens is 1. The Labute approximate surface area is 154 Å². The summed E-state index contributed by atoms with van der Waals surface area (Å²) in [6.45, 7) is 0. The highest BCUT2D eigenvalue weighted by Gasteiger charge is 2.54. The molecule has 1 N–H and O–H groups in total. The number of halogens is 6. The van der Waals surface area contributed by atoms with Crippen LogP contribution in [0.4, 0.5) is 26.3 Å². The van der Waals surface area contributed by atoms with Gasteiger partial charge in [-0.15, -0.1) is 0 Å². The van der Waals surface area contributed by atoms with Crippen LogP contribution in [0.15, 0.2) is 29.3 Å². The molecule has 0 fully saturated rings. The van der Waals surface area contributed by atoms with Gasteiger partial charge in [0.15, 0.2) is 0 Å². The third-order valence-electron chi connectivity index (χ3n) is 4.42. The Morgan fingerprint density at radius 2 is 1.93 bits per heavy atom. The standard InChI is InChI=1S/C16H10F6N2O3S/c17-10-2-1-9(5-8(10)6-23)24-7-12(28(26,27)16(20,21)22)13-11(24)3-4-15(18,19)14(13)25/h1-2,5,7,14,25H,3-4H2/t14-/m0/s1. The molecule has 0 unspecified atom stereocenters. The summed E-state index contributed by atoms with van der Waals surface area (Å²) in [4.78, 5) is -1.51. The molecule has 0 radical (unpaired) electrons. The minimum Gasteiger partial charge on any atom is -0.382 e. The molecule has 1 atom stereocenters. The van der Waals surface area contributed by atoms with Crippen LogP contribution in [-0.4, -0.2) is 29.5 Å². The molecule has 5 nitrogen and oxygen atoms in total. The normalized spacial score (nSPS) is 19.1. The van der Waals surface area contributed by atoms with Gasteiger partial charge >= 0.3 is 5.51 Å². The average Bonchev–Trinajstić information content (AvgIpc) is 2.98. The van der Waals surface area contributed by atoms with Crippen LogP contribution in [0.5, 0.6) is 0 Å². The molecule has 0 bridgehead atoms. The van der Waals surface area contributed by atoms with Crippen LogP contribution in [-0.2, 0) is 16.3 Å². The Morgan fingerprint density at radius 3 is 2.50 bits per heavy atom. The van der Waals surface area contributed by atoms with Gasteiger partial charge in [-0.2, -0.15) is 18.4 Å². The number of fused-ring (bicyclic) bond motifs is 1. The number of nitriles is 1. The lowest BCUT2D eigenvalue weighted by Crippen LogP contribution is -2.34. The van der Waals surface area contributed by atoms with Gasteiger partial charge in [0.25, 0.3) is 15.8 Å². The van der Waals surface area contributed by atoms with Crippen molar-refractivity contribution in [3.05, 3.63) is 47.0 Å². The van der Waals surface area contributed by atoms with E-state index in [1.54, 1.807) is 0 Å². The van der Waals surface area contributed by atoms with Crippen molar-refractivity contribution in [1.82, 2.24) is 4.57 Å². The van der Waals surface area contributed by atoms with Gasteiger partial charge in [0.05, 0.1) is 5.56 Å². The predicted octanol–water partition coefficient (Wildman–Crippen LogP) is 3.40. The van der Waals surface area contributed by atoms with E-state index in [0.29, 0.717) is 6.20 Å². The molecule has 12 heteroatoms. The van der Waals surface area contributed by atoms with E-state index in [4.69, 9.17) is 5.26 Å². The van der Waals surface area contributed by atoms with E-state index in [9.17, 15) is 39.9 Å². The maximum atomic E-state index is 13.9. The topological polar surface area (TPSA) is 83.1 Å². The lowest BCUT2D eigenvalue weighted by Gasteiger charge is -2.29. The van der Waals surface area contributed by atoms with Crippen LogP contribution in [0.2, 0.25) is 0 Å². The molecule has 1 heterocycles. The van der Waals surface area contributed by atoms with E-state index in [-0.39, 0.29) is 11.4 Å². The number of rotatable bonds is 2. The number of hydrogen-bond acceptors (Lipinski definition) is 4. The molecule has 1 aliphatic rings. The average molecular weight is 424 g/mol. The monoisotopic (exact) mass is 424 g/mol. The molecular formula is C16H10F6N2O3S. The van der Waals surface area contributed by atoms with Crippen molar-refractivity contribution < 1.29 is 39.9 Å². The first-order valence-corrected chi connectivity index (χ1v) is 9.11. The molecule has 0 saturated heterocycles.